The third kappa shape index (κ3) is 3.00. The molecule has 20 heavy (non-hydrogen) atoms. The Bertz CT molecular complexity index is 727. The summed E-state index contributed by atoms with van der Waals surface area (Å²) < 4.78 is 28.8. The highest BCUT2D eigenvalue weighted by atomic mass is 35.5. The van der Waals surface area contributed by atoms with E-state index in [0.29, 0.717) is 0 Å². The maximum absolute atomic E-state index is 12.3. The van der Waals surface area contributed by atoms with Crippen LogP contribution < -0.4 is 4.72 Å². The van der Waals surface area contributed by atoms with E-state index in [9.17, 15) is 8.42 Å². The van der Waals surface area contributed by atoms with Crippen LogP contribution in [0.1, 0.15) is 24.2 Å². The number of pyridine rings is 1. The maximum Gasteiger partial charge on any atom is 0.241 e. The van der Waals surface area contributed by atoms with Crippen molar-refractivity contribution in [3.8, 4) is 0 Å². The smallest absolute Gasteiger partial charge is 0.241 e. The van der Waals surface area contributed by atoms with Crippen LogP contribution in [0.15, 0.2) is 29.4 Å². The van der Waals surface area contributed by atoms with Crippen molar-refractivity contribution in [3.63, 3.8) is 0 Å². The van der Waals surface area contributed by atoms with Crippen LogP contribution in [0.3, 0.4) is 0 Å². The average molecular weight is 315 g/mol. The summed E-state index contributed by atoms with van der Waals surface area (Å²) in [5.74, 6) is 0. The molecule has 0 radical (unpaired) electrons. The maximum atomic E-state index is 12.3. The van der Waals surface area contributed by atoms with Gasteiger partial charge in [-0.3, -0.25) is 4.68 Å². The normalized spacial score (nSPS) is 13.4. The number of aromatic nitrogens is 3. The molecule has 0 saturated heterocycles. The molecule has 0 bridgehead atoms. The van der Waals surface area contributed by atoms with Gasteiger partial charge in [-0.1, -0.05) is 11.6 Å². The second-order valence-electron chi connectivity index (χ2n) is 4.47. The first-order chi connectivity index (χ1) is 9.31. The Kier molecular flexibility index (Phi) is 4.12. The van der Waals surface area contributed by atoms with Gasteiger partial charge in [-0.2, -0.15) is 5.10 Å². The van der Waals surface area contributed by atoms with Crippen LogP contribution in [0, 0.1) is 6.92 Å². The Labute approximate surface area is 122 Å². The number of hydrogen-bond donors (Lipinski definition) is 1. The average Bonchev–Trinajstić information content (AvgIpc) is 2.69. The first kappa shape index (κ1) is 15.0. The summed E-state index contributed by atoms with van der Waals surface area (Å²) in [4.78, 5) is 3.86. The lowest BCUT2D eigenvalue weighted by molar-refractivity contribution is 0.566. The van der Waals surface area contributed by atoms with E-state index in [1.54, 1.807) is 17.8 Å². The molecular formula is C12H15ClN4O2S. The molecule has 0 spiro atoms. The van der Waals surface area contributed by atoms with Crippen molar-refractivity contribution < 1.29 is 8.42 Å². The summed E-state index contributed by atoms with van der Waals surface area (Å²) in [6, 6.07) is 2.32. The predicted octanol–water partition coefficient (Wildman–Crippen LogP) is 1.82. The van der Waals surface area contributed by atoms with Gasteiger partial charge in [-0.15, -0.1) is 0 Å². The van der Waals surface area contributed by atoms with Gasteiger partial charge in [0.05, 0.1) is 11.1 Å². The van der Waals surface area contributed by atoms with Crippen molar-refractivity contribution in [2.75, 3.05) is 0 Å². The SMILES string of the molecule is Cc1c(C(C)NS(=O)(=O)c2ccnc(Cl)c2)cnn1C. The molecule has 108 valence electrons. The van der Waals surface area contributed by atoms with Gasteiger partial charge < -0.3 is 0 Å². The molecule has 0 aliphatic rings. The standard InChI is InChI=1S/C12H15ClN4O2S/c1-8(11-7-15-17(3)9(11)2)16-20(18,19)10-4-5-14-12(13)6-10/h4-8,16H,1-3H3. The van der Waals surface area contributed by atoms with Crippen LogP contribution in [0.5, 0.6) is 0 Å². The Balaban J connectivity index is 2.27. The number of aryl methyl sites for hydroxylation is 1. The highest BCUT2D eigenvalue weighted by Gasteiger charge is 2.21. The van der Waals surface area contributed by atoms with Crippen LogP contribution in [0.25, 0.3) is 0 Å². The van der Waals surface area contributed by atoms with Crippen molar-refractivity contribution in [3.05, 3.63) is 40.9 Å². The van der Waals surface area contributed by atoms with E-state index in [1.165, 1.54) is 18.3 Å². The van der Waals surface area contributed by atoms with E-state index in [-0.39, 0.29) is 16.1 Å². The van der Waals surface area contributed by atoms with Gasteiger partial charge in [-0.25, -0.2) is 18.1 Å². The highest BCUT2D eigenvalue weighted by molar-refractivity contribution is 7.89. The zero-order chi connectivity index (χ0) is 14.9. The molecule has 1 N–H and O–H groups in total. The Morgan fingerprint density at radius 3 is 2.70 bits per heavy atom. The molecule has 2 rings (SSSR count). The minimum Gasteiger partial charge on any atom is -0.273 e. The summed E-state index contributed by atoms with van der Waals surface area (Å²) in [6.45, 7) is 3.65. The summed E-state index contributed by atoms with van der Waals surface area (Å²) in [6.07, 6.45) is 3.01. The predicted molar refractivity (Wildman–Crippen MR) is 75.9 cm³/mol. The fourth-order valence-electron chi connectivity index (χ4n) is 1.86. The molecule has 1 atom stereocenters. The molecule has 0 aliphatic carbocycles. The van der Waals surface area contributed by atoms with E-state index in [4.69, 9.17) is 11.6 Å². The number of hydrogen-bond acceptors (Lipinski definition) is 4. The van der Waals surface area contributed by atoms with Crippen LogP contribution >= 0.6 is 11.6 Å². The summed E-state index contributed by atoms with van der Waals surface area (Å²) >= 11 is 5.72. The quantitative estimate of drug-likeness (QED) is 0.873. The van der Waals surface area contributed by atoms with Crippen molar-refractivity contribution in [1.29, 1.82) is 0 Å². The van der Waals surface area contributed by atoms with Crippen LogP contribution in [-0.2, 0) is 17.1 Å². The summed E-state index contributed by atoms with van der Waals surface area (Å²) in [7, 11) is -1.84. The van der Waals surface area contributed by atoms with Crippen LogP contribution in [-0.4, -0.2) is 23.2 Å². The van der Waals surface area contributed by atoms with E-state index < -0.39 is 10.0 Å². The number of halogens is 1. The summed E-state index contributed by atoms with van der Waals surface area (Å²) in [5.41, 5.74) is 1.74. The molecule has 0 saturated carbocycles. The largest absolute Gasteiger partial charge is 0.273 e. The lowest BCUT2D eigenvalue weighted by Gasteiger charge is -2.14. The van der Waals surface area contributed by atoms with Gasteiger partial charge in [0, 0.05) is 30.5 Å². The number of sulfonamides is 1. The van der Waals surface area contributed by atoms with Gasteiger partial charge in [0.2, 0.25) is 10.0 Å². The number of nitrogens with zero attached hydrogens (tertiary/aromatic N) is 3. The van der Waals surface area contributed by atoms with E-state index in [1.807, 2.05) is 14.0 Å². The van der Waals surface area contributed by atoms with Crippen molar-refractivity contribution in [1.82, 2.24) is 19.5 Å². The van der Waals surface area contributed by atoms with Crippen molar-refractivity contribution in [2.45, 2.75) is 24.8 Å². The van der Waals surface area contributed by atoms with Gasteiger partial charge >= 0.3 is 0 Å². The molecule has 6 nitrogen and oxygen atoms in total. The zero-order valence-corrected chi connectivity index (χ0v) is 12.9. The van der Waals surface area contributed by atoms with E-state index >= 15 is 0 Å². The Morgan fingerprint density at radius 1 is 1.45 bits per heavy atom. The molecule has 2 aromatic rings. The van der Waals surface area contributed by atoms with Crippen LogP contribution in [0.4, 0.5) is 0 Å². The molecule has 8 heteroatoms. The lowest BCUT2D eigenvalue weighted by Crippen LogP contribution is -2.27. The van der Waals surface area contributed by atoms with E-state index in [2.05, 4.69) is 14.8 Å². The second kappa shape index (κ2) is 5.51. The third-order valence-electron chi connectivity index (χ3n) is 3.08. The van der Waals surface area contributed by atoms with Gasteiger partial charge in [-0.05, 0) is 26.0 Å². The topological polar surface area (TPSA) is 76.9 Å². The zero-order valence-electron chi connectivity index (χ0n) is 11.3. The van der Waals surface area contributed by atoms with Gasteiger partial charge in [0.15, 0.2) is 0 Å². The Hall–Kier alpha value is -1.44. The third-order valence-corrected chi connectivity index (χ3v) is 4.83. The fourth-order valence-corrected chi connectivity index (χ4v) is 3.33. The second-order valence-corrected chi connectivity index (χ2v) is 6.57. The van der Waals surface area contributed by atoms with Gasteiger partial charge in [0.1, 0.15) is 5.15 Å². The van der Waals surface area contributed by atoms with E-state index in [0.717, 1.165) is 11.3 Å². The molecule has 0 fully saturated rings. The first-order valence-electron chi connectivity index (χ1n) is 5.93. The molecule has 0 amide bonds. The van der Waals surface area contributed by atoms with Crippen molar-refractivity contribution in [2.24, 2.45) is 7.05 Å². The lowest BCUT2D eigenvalue weighted by atomic mass is 10.1. The number of rotatable bonds is 4. The van der Waals surface area contributed by atoms with Gasteiger partial charge in [0.25, 0.3) is 0 Å². The summed E-state index contributed by atoms with van der Waals surface area (Å²) in [5, 5.41) is 4.24. The fraction of sp³-hybridized carbons (Fsp3) is 0.333. The minimum absolute atomic E-state index is 0.0888. The van der Waals surface area contributed by atoms with Crippen LogP contribution in [0.2, 0.25) is 5.15 Å². The molecule has 1 unspecified atom stereocenters. The first-order valence-corrected chi connectivity index (χ1v) is 7.80. The minimum atomic E-state index is -3.65. The molecular weight excluding hydrogens is 300 g/mol. The molecule has 0 aliphatic heterocycles. The molecule has 2 aromatic heterocycles. The Morgan fingerprint density at radius 2 is 2.15 bits per heavy atom. The monoisotopic (exact) mass is 314 g/mol. The van der Waals surface area contributed by atoms with Crippen molar-refractivity contribution >= 4 is 21.6 Å². The molecule has 0 aromatic carbocycles. The number of nitrogens with one attached hydrogen (secondary N) is 1. The molecule has 2 heterocycles. The highest BCUT2D eigenvalue weighted by Crippen LogP contribution is 2.20.